The average Bonchev–Trinajstić information content (AvgIpc) is 3.33. The van der Waals surface area contributed by atoms with Gasteiger partial charge in [-0.1, -0.05) is 61.4 Å². The third-order valence-corrected chi connectivity index (χ3v) is 8.26. The minimum Gasteiger partial charge on any atom is -0.301 e. The second kappa shape index (κ2) is 9.27. The molecule has 0 atom stereocenters. The zero-order chi connectivity index (χ0) is 22.8. The highest BCUT2D eigenvalue weighted by molar-refractivity contribution is 7.99. The highest BCUT2D eigenvalue weighted by Gasteiger charge is 2.43. The number of fused-ring (bicyclic) bond motifs is 4. The van der Waals surface area contributed by atoms with Crippen LogP contribution in [-0.2, 0) is 23.2 Å². The molecular weight excluding hydrogens is 452 g/mol. The molecule has 0 radical (unpaired) electrons. The van der Waals surface area contributed by atoms with Crippen molar-refractivity contribution in [2.24, 2.45) is 0 Å². The van der Waals surface area contributed by atoms with Gasteiger partial charge in [-0.2, -0.15) is 0 Å². The molecule has 0 unspecified atom stereocenters. The first kappa shape index (κ1) is 22.1. The molecule has 1 N–H and O–H groups in total. The van der Waals surface area contributed by atoms with E-state index in [-0.39, 0.29) is 22.6 Å². The fourth-order valence-electron chi connectivity index (χ4n) is 5.19. The van der Waals surface area contributed by atoms with Gasteiger partial charge in [0.2, 0.25) is 5.91 Å². The van der Waals surface area contributed by atoms with Gasteiger partial charge in [0.05, 0.1) is 17.0 Å². The molecule has 6 nitrogen and oxygen atoms in total. The summed E-state index contributed by atoms with van der Waals surface area (Å²) in [4.78, 5) is 35.6. The molecule has 0 aliphatic heterocycles. The van der Waals surface area contributed by atoms with Crippen molar-refractivity contribution in [2.75, 3.05) is 11.1 Å². The fourth-order valence-corrected chi connectivity index (χ4v) is 6.54. The molecular formula is C25H26N4O2S2. The number of anilines is 1. The quantitative estimate of drug-likeness (QED) is 0.305. The molecule has 2 aliphatic rings. The van der Waals surface area contributed by atoms with Crippen molar-refractivity contribution in [3.63, 3.8) is 0 Å². The molecule has 3 aromatic rings. The molecule has 1 spiro atoms. The summed E-state index contributed by atoms with van der Waals surface area (Å²) in [6.45, 7) is 4.22. The van der Waals surface area contributed by atoms with Crippen molar-refractivity contribution in [3.05, 3.63) is 70.0 Å². The van der Waals surface area contributed by atoms with Crippen LogP contribution >= 0.6 is 23.1 Å². The van der Waals surface area contributed by atoms with Crippen LogP contribution in [0.15, 0.2) is 58.4 Å². The van der Waals surface area contributed by atoms with Crippen molar-refractivity contribution in [2.45, 2.75) is 55.6 Å². The molecule has 33 heavy (non-hydrogen) atoms. The number of hydrogen-bond donors (Lipinski definition) is 1. The minimum atomic E-state index is -0.170. The average molecular weight is 479 g/mol. The Labute approximate surface area is 201 Å². The Kier molecular flexibility index (Phi) is 6.21. The number of thioether (sulfide) groups is 1. The fraction of sp³-hybridized carbons (Fsp3) is 0.360. The Balaban J connectivity index is 1.57. The van der Waals surface area contributed by atoms with E-state index < -0.39 is 0 Å². The van der Waals surface area contributed by atoms with E-state index in [2.05, 4.69) is 35.1 Å². The van der Waals surface area contributed by atoms with Gasteiger partial charge in [-0.3, -0.25) is 14.2 Å². The van der Waals surface area contributed by atoms with Crippen molar-refractivity contribution in [1.29, 1.82) is 0 Å². The summed E-state index contributed by atoms with van der Waals surface area (Å²) in [5.41, 5.74) is 3.82. The Morgan fingerprint density at radius 2 is 2.09 bits per heavy atom. The molecule has 5 rings (SSSR count). The first-order valence-corrected chi connectivity index (χ1v) is 13.1. The van der Waals surface area contributed by atoms with Crippen LogP contribution in [0.1, 0.15) is 43.2 Å². The number of carbonyl (C=O) groups excluding carboxylic acids is 1. The highest BCUT2D eigenvalue weighted by Crippen LogP contribution is 2.48. The second-order valence-electron chi connectivity index (χ2n) is 8.67. The summed E-state index contributed by atoms with van der Waals surface area (Å²) in [6, 6.07) is 8.31. The van der Waals surface area contributed by atoms with Gasteiger partial charge in [-0.25, -0.2) is 9.97 Å². The lowest BCUT2D eigenvalue weighted by molar-refractivity contribution is -0.113. The van der Waals surface area contributed by atoms with Gasteiger partial charge < -0.3 is 5.32 Å². The second-order valence-corrected chi connectivity index (χ2v) is 10.5. The van der Waals surface area contributed by atoms with Crippen LogP contribution in [-0.4, -0.2) is 26.2 Å². The monoisotopic (exact) mass is 478 g/mol. The predicted molar refractivity (Wildman–Crippen MR) is 134 cm³/mol. The van der Waals surface area contributed by atoms with E-state index in [4.69, 9.17) is 4.98 Å². The molecule has 1 fully saturated rings. The lowest BCUT2D eigenvalue weighted by Crippen LogP contribution is -2.43. The number of carbonyl (C=O) groups is 1. The number of rotatable bonds is 6. The highest BCUT2D eigenvalue weighted by atomic mass is 32.2. The number of thiazole rings is 1. The van der Waals surface area contributed by atoms with Crippen LogP contribution < -0.4 is 10.9 Å². The van der Waals surface area contributed by atoms with E-state index in [0.717, 1.165) is 48.9 Å². The topological polar surface area (TPSA) is 76.9 Å². The van der Waals surface area contributed by atoms with E-state index in [0.29, 0.717) is 16.8 Å². The van der Waals surface area contributed by atoms with Crippen LogP contribution in [0, 0.1) is 0 Å². The van der Waals surface area contributed by atoms with E-state index in [1.54, 1.807) is 16.8 Å². The van der Waals surface area contributed by atoms with Gasteiger partial charge in [0.1, 0.15) is 0 Å². The number of allylic oxidation sites excluding steroid dienone is 1. The van der Waals surface area contributed by atoms with Gasteiger partial charge in [0.15, 0.2) is 10.3 Å². The standard InChI is InChI=1S/C25H26N4O2S2/c1-2-13-29-22(31)20-21(28-24(29)33-16-19(30)27-23-26-12-14-32-23)18-9-5-4-8-17(18)15-25(20)10-6-3-7-11-25/h2,4-5,8-9,12,14H,1,3,6-7,10-11,13,15-16H2,(H,26,27,30). The van der Waals surface area contributed by atoms with Crippen LogP contribution in [0.5, 0.6) is 0 Å². The van der Waals surface area contributed by atoms with E-state index in [9.17, 15) is 9.59 Å². The number of amides is 1. The summed E-state index contributed by atoms with van der Waals surface area (Å²) in [7, 11) is 0. The normalized spacial score (nSPS) is 16.1. The molecule has 170 valence electrons. The maximum Gasteiger partial charge on any atom is 0.258 e. The van der Waals surface area contributed by atoms with E-state index in [1.165, 1.54) is 35.1 Å². The molecule has 0 bridgehead atoms. The zero-order valence-corrected chi connectivity index (χ0v) is 20.0. The van der Waals surface area contributed by atoms with Gasteiger partial charge in [0, 0.05) is 29.1 Å². The third kappa shape index (κ3) is 4.17. The summed E-state index contributed by atoms with van der Waals surface area (Å²) >= 11 is 2.66. The summed E-state index contributed by atoms with van der Waals surface area (Å²) in [6.07, 6.45) is 9.78. The molecule has 1 saturated carbocycles. The van der Waals surface area contributed by atoms with Crippen LogP contribution in [0.4, 0.5) is 5.13 Å². The zero-order valence-electron chi connectivity index (χ0n) is 18.4. The van der Waals surface area contributed by atoms with Crippen LogP contribution in [0.3, 0.4) is 0 Å². The lowest BCUT2D eigenvalue weighted by atomic mass is 9.62. The summed E-state index contributed by atoms with van der Waals surface area (Å²) < 4.78 is 1.69. The SMILES string of the molecule is C=CCn1c(SCC(=O)Nc2nccs2)nc2c(c1=O)C1(CCCCC1)Cc1ccccc1-2. The van der Waals surface area contributed by atoms with E-state index in [1.807, 2.05) is 11.4 Å². The Bertz CT molecular complexity index is 1240. The minimum absolute atomic E-state index is 0.0131. The van der Waals surface area contributed by atoms with Gasteiger partial charge >= 0.3 is 0 Å². The van der Waals surface area contributed by atoms with Crippen molar-refractivity contribution in [3.8, 4) is 11.3 Å². The Morgan fingerprint density at radius 3 is 2.85 bits per heavy atom. The first-order valence-electron chi connectivity index (χ1n) is 11.3. The van der Waals surface area contributed by atoms with Crippen LogP contribution in [0.25, 0.3) is 11.3 Å². The van der Waals surface area contributed by atoms with Gasteiger partial charge in [-0.15, -0.1) is 17.9 Å². The van der Waals surface area contributed by atoms with Crippen molar-refractivity contribution >= 4 is 34.1 Å². The number of hydrogen-bond acceptors (Lipinski definition) is 6. The predicted octanol–water partition coefficient (Wildman–Crippen LogP) is 5.04. The first-order chi connectivity index (χ1) is 16.1. The Morgan fingerprint density at radius 1 is 1.27 bits per heavy atom. The number of nitrogens with one attached hydrogen (secondary N) is 1. The smallest absolute Gasteiger partial charge is 0.258 e. The largest absolute Gasteiger partial charge is 0.301 e. The van der Waals surface area contributed by atoms with Gasteiger partial charge in [0.25, 0.3) is 5.56 Å². The van der Waals surface area contributed by atoms with Crippen molar-refractivity contribution in [1.82, 2.24) is 14.5 Å². The molecule has 2 aromatic heterocycles. The van der Waals surface area contributed by atoms with Gasteiger partial charge in [-0.05, 0) is 24.8 Å². The van der Waals surface area contributed by atoms with Crippen LogP contribution in [0.2, 0.25) is 0 Å². The van der Waals surface area contributed by atoms with E-state index >= 15 is 0 Å². The molecule has 2 heterocycles. The maximum absolute atomic E-state index is 14.0. The maximum atomic E-state index is 14.0. The van der Waals surface area contributed by atoms with Crippen molar-refractivity contribution < 1.29 is 4.79 Å². The number of benzene rings is 1. The molecule has 8 heteroatoms. The molecule has 0 saturated heterocycles. The molecule has 1 amide bonds. The lowest BCUT2D eigenvalue weighted by Gasteiger charge is -2.42. The summed E-state index contributed by atoms with van der Waals surface area (Å²) in [5, 5.41) is 5.73. The Hall–Kier alpha value is -2.71. The number of nitrogens with zero attached hydrogens (tertiary/aromatic N) is 3. The molecule has 2 aliphatic carbocycles. The third-order valence-electron chi connectivity index (χ3n) is 6.60. The molecule has 1 aromatic carbocycles. The summed E-state index contributed by atoms with van der Waals surface area (Å²) in [5.74, 6) is -0.0226. The number of aromatic nitrogens is 3.